The number of hydrogen-bond acceptors (Lipinski definition) is 2. The quantitative estimate of drug-likeness (QED) is 0.672. The van der Waals surface area contributed by atoms with Crippen molar-refractivity contribution >= 4 is 23.4 Å². The molecule has 1 rings (SSSR count). The van der Waals surface area contributed by atoms with Crippen LogP contribution in [0.5, 0.6) is 0 Å². The maximum absolute atomic E-state index is 8.53. The van der Waals surface area contributed by atoms with E-state index in [9.17, 15) is 0 Å². The van der Waals surface area contributed by atoms with Crippen molar-refractivity contribution in [2.45, 2.75) is 6.42 Å². The second-order valence-electron chi connectivity index (χ2n) is 2.05. The number of aliphatic hydroxyl groups excluding tert-OH is 1. The molecule has 1 unspecified atom stereocenters. The first-order valence-corrected chi connectivity index (χ1v) is 4.30. The van der Waals surface area contributed by atoms with E-state index in [0.29, 0.717) is 5.92 Å². The predicted molar refractivity (Wildman–Crippen MR) is 41.6 cm³/mol. The summed E-state index contributed by atoms with van der Waals surface area (Å²) in [5.74, 6) is 1.55. The van der Waals surface area contributed by atoms with Crippen LogP contribution in [-0.2, 0) is 0 Å². The molecule has 52 valence electrons. The first-order valence-electron chi connectivity index (χ1n) is 2.94. The summed E-state index contributed by atoms with van der Waals surface area (Å²) in [5.41, 5.74) is 0. The predicted octanol–water partition coefficient (Wildman–Crippen LogP) is 1.81. The van der Waals surface area contributed by atoms with Gasteiger partial charge in [0.05, 0.1) is 4.36 Å². The highest BCUT2D eigenvalue weighted by Crippen LogP contribution is 2.32. The Kier molecular flexibility index (Phi) is 2.89. The van der Waals surface area contributed by atoms with Crippen molar-refractivity contribution in [3.05, 3.63) is 10.4 Å². The molecular weight excluding hydrogens is 156 g/mol. The Labute approximate surface area is 64.1 Å². The van der Waals surface area contributed by atoms with E-state index in [1.54, 1.807) is 11.8 Å². The van der Waals surface area contributed by atoms with Crippen LogP contribution < -0.4 is 0 Å². The van der Waals surface area contributed by atoms with E-state index < -0.39 is 0 Å². The molecule has 3 heteroatoms. The van der Waals surface area contributed by atoms with Crippen LogP contribution in [0.4, 0.5) is 0 Å². The number of rotatable bonds is 2. The third-order valence-corrected chi connectivity index (χ3v) is 2.76. The molecule has 0 bridgehead atoms. The van der Waals surface area contributed by atoms with Crippen LogP contribution in [0.1, 0.15) is 6.42 Å². The number of allylic oxidation sites excluding steroid dienone is 1. The molecule has 0 aromatic carbocycles. The summed E-state index contributed by atoms with van der Waals surface area (Å²) in [6.07, 6.45) is 2.87. The molecule has 0 fully saturated rings. The van der Waals surface area contributed by atoms with E-state index in [1.165, 1.54) is 0 Å². The molecule has 0 saturated carbocycles. The van der Waals surface area contributed by atoms with Gasteiger partial charge in [-0.2, -0.15) is 0 Å². The lowest BCUT2D eigenvalue weighted by Crippen LogP contribution is -1.98. The molecule has 0 radical (unpaired) electrons. The van der Waals surface area contributed by atoms with Crippen LogP contribution in [-0.4, -0.2) is 17.5 Å². The van der Waals surface area contributed by atoms with E-state index in [-0.39, 0.29) is 6.61 Å². The highest BCUT2D eigenvalue weighted by atomic mass is 35.5. The third kappa shape index (κ3) is 2.20. The van der Waals surface area contributed by atoms with Crippen molar-refractivity contribution in [1.82, 2.24) is 0 Å². The van der Waals surface area contributed by atoms with E-state index in [1.807, 2.05) is 6.08 Å². The summed E-state index contributed by atoms with van der Waals surface area (Å²) < 4.78 is 0.883. The standard InChI is InChI=1S/C6H9ClOS/c7-6-3-5(1-2-8)4-9-6/h3,5,8H,1-2,4H2. The van der Waals surface area contributed by atoms with Gasteiger partial charge >= 0.3 is 0 Å². The van der Waals surface area contributed by atoms with Gasteiger partial charge in [0.15, 0.2) is 0 Å². The van der Waals surface area contributed by atoms with Crippen LogP contribution in [0.15, 0.2) is 10.4 Å². The maximum Gasteiger partial charge on any atom is 0.0698 e. The van der Waals surface area contributed by atoms with E-state index in [2.05, 4.69) is 0 Å². The molecule has 1 N–H and O–H groups in total. The summed E-state index contributed by atoms with van der Waals surface area (Å²) >= 11 is 7.35. The molecule has 0 aliphatic carbocycles. The van der Waals surface area contributed by atoms with Gasteiger partial charge in [-0.3, -0.25) is 0 Å². The normalized spacial score (nSPS) is 26.4. The molecule has 1 aliphatic heterocycles. The smallest absolute Gasteiger partial charge is 0.0698 e. The summed E-state index contributed by atoms with van der Waals surface area (Å²) in [4.78, 5) is 0. The van der Waals surface area contributed by atoms with Crippen molar-refractivity contribution < 1.29 is 5.11 Å². The first kappa shape index (κ1) is 7.45. The summed E-state index contributed by atoms with van der Waals surface area (Å²) in [6.45, 7) is 0.270. The summed E-state index contributed by atoms with van der Waals surface area (Å²) in [6, 6.07) is 0. The second kappa shape index (κ2) is 3.49. The van der Waals surface area contributed by atoms with Crippen molar-refractivity contribution in [1.29, 1.82) is 0 Å². The zero-order chi connectivity index (χ0) is 6.69. The maximum atomic E-state index is 8.53. The SMILES string of the molecule is OCCC1C=C(Cl)SC1. The third-order valence-electron chi connectivity index (χ3n) is 1.30. The molecule has 1 atom stereocenters. The average molecular weight is 165 g/mol. The Morgan fingerprint density at radius 3 is 3.11 bits per heavy atom. The Morgan fingerprint density at radius 1 is 1.89 bits per heavy atom. The topological polar surface area (TPSA) is 20.2 Å². The van der Waals surface area contributed by atoms with Crippen LogP contribution in [0.3, 0.4) is 0 Å². The highest BCUT2D eigenvalue weighted by Gasteiger charge is 2.13. The summed E-state index contributed by atoms with van der Waals surface area (Å²) in [5, 5.41) is 8.53. The van der Waals surface area contributed by atoms with Gasteiger partial charge in [0.2, 0.25) is 0 Å². The van der Waals surface area contributed by atoms with Crippen LogP contribution in [0.2, 0.25) is 0 Å². The summed E-state index contributed by atoms with van der Waals surface area (Å²) in [7, 11) is 0. The molecule has 1 heterocycles. The fourth-order valence-corrected chi connectivity index (χ4v) is 2.09. The zero-order valence-corrected chi connectivity index (χ0v) is 6.58. The minimum atomic E-state index is 0.270. The molecule has 0 aromatic rings. The average Bonchev–Trinajstić information content (AvgIpc) is 2.17. The van der Waals surface area contributed by atoms with Crippen LogP contribution in [0, 0.1) is 5.92 Å². The molecule has 0 spiro atoms. The lowest BCUT2D eigenvalue weighted by Gasteiger charge is -1.99. The van der Waals surface area contributed by atoms with E-state index in [4.69, 9.17) is 16.7 Å². The van der Waals surface area contributed by atoms with Gasteiger partial charge in [-0.15, -0.1) is 11.8 Å². The number of aliphatic hydroxyl groups is 1. The lowest BCUT2D eigenvalue weighted by atomic mass is 10.1. The molecule has 0 amide bonds. The zero-order valence-electron chi connectivity index (χ0n) is 5.01. The van der Waals surface area contributed by atoms with Gasteiger partial charge in [-0.05, 0) is 12.3 Å². The fourth-order valence-electron chi connectivity index (χ4n) is 0.801. The van der Waals surface area contributed by atoms with E-state index >= 15 is 0 Å². The fraction of sp³-hybridized carbons (Fsp3) is 0.667. The van der Waals surface area contributed by atoms with Crippen molar-refractivity contribution in [3.63, 3.8) is 0 Å². The molecule has 0 saturated heterocycles. The minimum absolute atomic E-state index is 0.270. The Bertz CT molecular complexity index is 124. The van der Waals surface area contributed by atoms with Crippen LogP contribution in [0.25, 0.3) is 0 Å². The minimum Gasteiger partial charge on any atom is -0.396 e. The monoisotopic (exact) mass is 164 g/mol. The molecule has 0 aromatic heterocycles. The van der Waals surface area contributed by atoms with Gasteiger partial charge in [0.1, 0.15) is 0 Å². The van der Waals surface area contributed by atoms with Gasteiger partial charge in [-0.25, -0.2) is 0 Å². The van der Waals surface area contributed by atoms with Gasteiger partial charge in [0.25, 0.3) is 0 Å². The molecule has 1 aliphatic rings. The largest absolute Gasteiger partial charge is 0.396 e. The second-order valence-corrected chi connectivity index (χ2v) is 3.75. The highest BCUT2D eigenvalue weighted by molar-refractivity contribution is 8.04. The first-order chi connectivity index (χ1) is 4.33. The van der Waals surface area contributed by atoms with Gasteiger partial charge in [0, 0.05) is 12.4 Å². The van der Waals surface area contributed by atoms with Crippen molar-refractivity contribution in [3.8, 4) is 0 Å². The van der Waals surface area contributed by atoms with Crippen LogP contribution >= 0.6 is 23.4 Å². The van der Waals surface area contributed by atoms with Gasteiger partial charge < -0.3 is 5.11 Å². The number of thioether (sulfide) groups is 1. The Hall–Kier alpha value is 0.340. The Balaban J connectivity index is 2.29. The molecule has 1 nitrogen and oxygen atoms in total. The number of hydrogen-bond donors (Lipinski definition) is 1. The lowest BCUT2D eigenvalue weighted by molar-refractivity contribution is 0.275. The van der Waals surface area contributed by atoms with Crippen molar-refractivity contribution in [2.24, 2.45) is 5.92 Å². The van der Waals surface area contributed by atoms with Gasteiger partial charge in [-0.1, -0.05) is 17.7 Å². The number of halogens is 1. The molecule has 9 heavy (non-hydrogen) atoms. The molecular formula is C6H9ClOS. The Morgan fingerprint density at radius 2 is 2.67 bits per heavy atom. The van der Waals surface area contributed by atoms with E-state index in [0.717, 1.165) is 16.5 Å². The van der Waals surface area contributed by atoms with Crippen molar-refractivity contribution in [2.75, 3.05) is 12.4 Å².